The number of carbonyl (C=O) groups excluding carboxylic acids is 3. The van der Waals surface area contributed by atoms with Gasteiger partial charge in [-0.05, 0) is 17.7 Å². The first kappa shape index (κ1) is 20.5. The third kappa shape index (κ3) is 5.86. The van der Waals surface area contributed by atoms with E-state index in [0.29, 0.717) is 19.4 Å². The number of amides is 3. The van der Waals surface area contributed by atoms with Crippen molar-refractivity contribution in [3.05, 3.63) is 66.0 Å². The van der Waals surface area contributed by atoms with Crippen LogP contribution in [0.15, 0.2) is 54.7 Å². The number of hydrogen-bond acceptors (Lipinski definition) is 5. The number of nitrogens with zero attached hydrogens (tertiary/aromatic N) is 1. The van der Waals surface area contributed by atoms with Crippen LogP contribution in [0.1, 0.15) is 11.3 Å². The first-order chi connectivity index (χ1) is 14.1. The maximum absolute atomic E-state index is 12.4. The Kier molecular flexibility index (Phi) is 6.91. The van der Waals surface area contributed by atoms with Gasteiger partial charge in [0.05, 0.1) is 0 Å². The number of pyridine rings is 1. The molecule has 1 aliphatic rings. The lowest BCUT2D eigenvalue weighted by atomic mass is 10.0. The lowest BCUT2D eigenvalue weighted by Gasteiger charge is -2.17. The van der Waals surface area contributed by atoms with Crippen LogP contribution in [0.4, 0.5) is 0 Å². The molecule has 3 amide bonds. The predicted molar refractivity (Wildman–Crippen MR) is 106 cm³/mol. The van der Waals surface area contributed by atoms with Crippen LogP contribution in [0.25, 0.3) is 0 Å². The molecule has 2 heterocycles. The molecule has 3 N–H and O–H groups in total. The number of rotatable bonds is 9. The summed E-state index contributed by atoms with van der Waals surface area (Å²) in [4.78, 5) is 40.9. The van der Waals surface area contributed by atoms with E-state index in [9.17, 15) is 14.4 Å². The fourth-order valence-corrected chi connectivity index (χ4v) is 2.96. The van der Waals surface area contributed by atoms with Gasteiger partial charge in [-0.1, -0.05) is 36.4 Å². The topological polar surface area (TPSA) is 113 Å². The molecule has 1 fully saturated rings. The van der Waals surface area contributed by atoms with Crippen LogP contribution >= 0.6 is 0 Å². The average Bonchev–Trinajstić information content (AvgIpc) is 3.55. The maximum Gasteiger partial charge on any atom is 0.253 e. The summed E-state index contributed by atoms with van der Waals surface area (Å²) in [5, 5.41) is 7.97. The van der Waals surface area contributed by atoms with Crippen molar-refractivity contribution >= 4 is 17.7 Å². The molecule has 1 aromatic carbocycles. The van der Waals surface area contributed by atoms with E-state index in [1.807, 2.05) is 48.5 Å². The minimum atomic E-state index is -0.882. The van der Waals surface area contributed by atoms with E-state index < -0.39 is 24.2 Å². The van der Waals surface area contributed by atoms with Crippen LogP contribution in [-0.2, 0) is 32.0 Å². The summed E-state index contributed by atoms with van der Waals surface area (Å²) in [5.41, 5.74) is 1.79. The van der Waals surface area contributed by atoms with Crippen molar-refractivity contribution in [2.75, 3.05) is 13.6 Å². The first-order valence-corrected chi connectivity index (χ1v) is 9.47. The smallest absolute Gasteiger partial charge is 0.253 e. The molecule has 1 saturated heterocycles. The van der Waals surface area contributed by atoms with Crippen LogP contribution in [-0.4, -0.2) is 54.5 Å². The van der Waals surface area contributed by atoms with Gasteiger partial charge in [0.1, 0.15) is 6.04 Å². The summed E-state index contributed by atoms with van der Waals surface area (Å²) < 4.78 is 5.24. The van der Waals surface area contributed by atoms with Crippen molar-refractivity contribution in [2.24, 2.45) is 0 Å². The summed E-state index contributed by atoms with van der Waals surface area (Å²) in [6, 6.07) is 14.2. The van der Waals surface area contributed by atoms with E-state index in [1.165, 1.54) is 7.05 Å². The zero-order chi connectivity index (χ0) is 20.6. The van der Waals surface area contributed by atoms with E-state index >= 15 is 0 Å². The number of epoxide rings is 1. The highest BCUT2D eigenvalue weighted by Gasteiger charge is 2.50. The zero-order valence-electron chi connectivity index (χ0n) is 16.1. The molecule has 29 heavy (non-hydrogen) atoms. The van der Waals surface area contributed by atoms with Crippen molar-refractivity contribution < 1.29 is 19.1 Å². The standard InChI is InChI=1S/C21H24N4O4/c1-22-19(26)16(13-14-7-3-2-4-8-14)25-21(28)18-17(29-18)20(27)24-12-10-15-9-5-6-11-23-15/h2-9,11,16-18H,10,12-13H2,1H3,(H,22,26)(H,24,27)(H,25,28)/t16-,17-,18-/m0/s1. The van der Waals surface area contributed by atoms with Crippen LogP contribution in [0.5, 0.6) is 0 Å². The van der Waals surface area contributed by atoms with Crippen molar-refractivity contribution in [3.63, 3.8) is 0 Å². The molecule has 8 nitrogen and oxygen atoms in total. The van der Waals surface area contributed by atoms with Crippen LogP contribution < -0.4 is 16.0 Å². The molecule has 3 rings (SSSR count). The first-order valence-electron chi connectivity index (χ1n) is 9.47. The number of ether oxygens (including phenoxy) is 1. The minimum absolute atomic E-state index is 0.306. The Morgan fingerprint density at radius 2 is 1.76 bits per heavy atom. The SMILES string of the molecule is CNC(=O)[C@H](Cc1ccccc1)NC(=O)[C@H]1O[C@@H]1C(=O)NCCc1ccccn1. The van der Waals surface area contributed by atoms with E-state index in [-0.39, 0.29) is 11.8 Å². The number of aromatic nitrogens is 1. The molecule has 1 aliphatic heterocycles. The normalized spacial score (nSPS) is 18.4. The molecule has 0 saturated carbocycles. The van der Waals surface area contributed by atoms with Gasteiger partial charge in [0.15, 0.2) is 12.2 Å². The van der Waals surface area contributed by atoms with Gasteiger partial charge >= 0.3 is 0 Å². The molecule has 0 aliphatic carbocycles. The summed E-state index contributed by atoms with van der Waals surface area (Å²) >= 11 is 0. The average molecular weight is 396 g/mol. The Bertz CT molecular complexity index is 844. The highest BCUT2D eigenvalue weighted by atomic mass is 16.6. The lowest BCUT2D eigenvalue weighted by Crippen LogP contribution is -2.49. The molecule has 8 heteroatoms. The Hall–Kier alpha value is -3.26. The molecule has 0 radical (unpaired) electrons. The fourth-order valence-electron chi connectivity index (χ4n) is 2.96. The van der Waals surface area contributed by atoms with Gasteiger partial charge in [0.2, 0.25) is 5.91 Å². The number of benzene rings is 1. The summed E-state index contributed by atoms with van der Waals surface area (Å²) in [6.07, 6.45) is 0.916. The number of likely N-dealkylation sites (N-methyl/N-ethyl adjacent to an activating group) is 1. The molecule has 0 bridgehead atoms. The third-order valence-electron chi connectivity index (χ3n) is 4.58. The second-order valence-electron chi connectivity index (χ2n) is 6.70. The lowest BCUT2D eigenvalue weighted by molar-refractivity contribution is -0.129. The molecule has 0 spiro atoms. The second-order valence-corrected chi connectivity index (χ2v) is 6.70. The summed E-state index contributed by atoms with van der Waals surface area (Å²) in [7, 11) is 1.51. The molecular weight excluding hydrogens is 372 g/mol. The Labute approximate surface area is 169 Å². The van der Waals surface area contributed by atoms with Crippen LogP contribution in [0.3, 0.4) is 0 Å². The number of carbonyl (C=O) groups is 3. The van der Waals surface area contributed by atoms with E-state index in [1.54, 1.807) is 6.20 Å². The van der Waals surface area contributed by atoms with Crippen molar-refractivity contribution in [3.8, 4) is 0 Å². The van der Waals surface area contributed by atoms with Gasteiger partial charge in [-0.2, -0.15) is 0 Å². The maximum atomic E-state index is 12.4. The Morgan fingerprint density at radius 3 is 2.45 bits per heavy atom. The molecule has 1 aromatic heterocycles. The molecular formula is C21H24N4O4. The minimum Gasteiger partial charge on any atom is -0.357 e. The van der Waals surface area contributed by atoms with Crippen LogP contribution in [0, 0.1) is 0 Å². The van der Waals surface area contributed by atoms with Crippen LogP contribution in [0.2, 0.25) is 0 Å². The Morgan fingerprint density at radius 1 is 1.03 bits per heavy atom. The second kappa shape index (κ2) is 9.79. The molecule has 0 unspecified atom stereocenters. The van der Waals surface area contributed by atoms with Crippen molar-refractivity contribution in [1.29, 1.82) is 0 Å². The number of hydrogen-bond donors (Lipinski definition) is 3. The highest BCUT2D eigenvalue weighted by Crippen LogP contribution is 2.22. The van der Waals surface area contributed by atoms with Gasteiger partial charge in [-0.15, -0.1) is 0 Å². The van der Waals surface area contributed by atoms with Crippen molar-refractivity contribution in [1.82, 2.24) is 20.9 Å². The summed E-state index contributed by atoms with van der Waals surface area (Å²) in [5.74, 6) is -1.13. The van der Waals surface area contributed by atoms with Gasteiger partial charge in [0.25, 0.3) is 11.8 Å². The molecule has 152 valence electrons. The largest absolute Gasteiger partial charge is 0.357 e. The van der Waals surface area contributed by atoms with Gasteiger partial charge in [-0.3, -0.25) is 19.4 Å². The quantitative estimate of drug-likeness (QED) is 0.516. The molecule has 3 atom stereocenters. The van der Waals surface area contributed by atoms with E-state index in [4.69, 9.17) is 4.74 Å². The monoisotopic (exact) mass is 396 g/mol. The van der Waals surface area contributed by atoms with Crippen molar-refractivity contribution in [2.45, 2.75) is 31.1 Å². The van der Waals surface area contributed by atoms with E-state index in [2.05, 4.69) is 20.9 Å². The van der Waals surface area contributed by atoms with Gasteiger partial charge in [0, 0.05) is 38.3 Å². The van der Waals surface area contributed by atoms with E-state index in [0.717, 1.165) is 11.3 Å². The third-order valence-corrected chi connectivity index (χ3v) is 4.58. The zero-order valence-corrected chi connectivity index (χ0v) is 16.1. The summed E-state index contributed by atoms with van der Waals surface area (Å²) in [6.45, 7) is 0.402. The Balaban J connectivity index is 1.47. The van der Waals surface area contributed by atoms with Gasteiger partial charge in [-0.25, -0.2) is 0 Å². The fraction of sp³-hybridized carbons (Fsp3) is 0.333. The predicted octanol–water partition coefficient (Wildman–Crippen LogP) is -0.0188. The highest BCUT2D eigenvalue weighted by molar-refractivity contribution is 5.97. The van der Waals surface area contributed by atoms with Gasteiger partial charge < -0.3 is 20.7 Å². The molecule has 2 aromatic rings. The number of nitrogens with one attached hydrogen (secondary N) is 3.